The van der Waals surface area contributed by atoms with E-state index in [4.69, 9.17) is 9.47 Å². The fourth-order valence-corrected chi connectivity index (χ4v) is 6.89. The van der Waals surface area contributed by atoms with Crippen LogP contribution < -0.4 is 5.32 Å². The van der Waals surface area contributed by atoms with Gasteiger partial charge in [0.15, 0.2) is 0 Å². The van der Waals surface area contributed by atoms with Gasteiger partial charge in [-0.15, -0.1) is 11.3 Å². The van der Waals surface area contributed by atoms with Gasteiger partial charge in [-0.1, -0.05) is 13.8 Å². The average Bonchev–Trinajstić information content (AvgIpc) is 3.49. The van der Waals surface area contributed by atoms with Crippen LogP contribution in [0.25, 0.3) is 5.00 Å². The molecule has 3 heterocycles. The molecule has 3 aromatic rings. The quantitative estimate of drug-likeness (QED) is 0.443. The second kappa shape index (κ2) is 10.0. The number of fused-ring (bicyclic) bond motifs is 5. The maximum Gasteiger partial charge on any atom is 0.339 e. The van der Waals surface area contributed by atoms with Gasteiger partial charge in [0, 0.05) is 22.3 Å². The van der Waals surface area contributed by atoms with Crippen molar-refractivity contribution in [1.29, 1.82) is 0 Å². The molecular formula is C28H31N3O5S. The molecule has 0 saturated heterocycles. The highest BCUT2D eigenvalue weighted by atomic mass is 32.1. The lowest BCUT2D eigenvalue weighted by atomic mass is 9.94. The molecule has 37 heavy (non-hydrogen) atoms. The van der Waals surface area contributed by atoms with Crippen LogP contribution in [0.15, 0.2) is 36.5 Å². The molecule has 0 fully saturated rings. The number of methoxy groups -OCH3 is 2. The summed E-state index contributed by atoms with van der Waals surface area (Å²) in [7, 11) is 2.56. The molecule has 0 radical (unpaired) electrons. The number of rotatable bonds is 4. The molecule has 8 nitrogen and oxygen atoms in total. The Kier molecular flexibility index (Phi) is 6.81. The Morgan fingerprint density at radius 3 is 2.51 bits per heavy atom. The zero-order valence-electron chi connectivity index (χ0n) is 21.5. The minimum absolute atomic E-state index is 0.130. The number of thiophene rings is 1. The molecule has 2 aromatic heterocycles. The number of benzene rings is 1. The Labute approximate surface area is 220 Å². The predicted octanol–water partition coefficient (Wildman–Crippen LogP) is 5.74. The first-order chi connectivity index (χ1) is 17.8. The number of esters is 2. The van der Waals surface area contributed by atoms with Gasteiger partial charge in [0.05, 0.1) is 43.6 Å². The molecule has 0 spiro atoms. The number of hydrogen-bond donors (Lipinski definition) is 1. The lowest BCUT2D eigenvalue weighted by Gasteiger charge is -2.33. The van der Waals surface area contributed by atoms with Crippen molar-refractivity contribution >= 4 is 35.0 Å². The summed E-state index contributed by atoms with van der Waals surface area (Å²) < 4.78 is 12.0. The van der Waals surface area contributed by atoms with Crippen LogP contribution in [0, 0.1) is 5.92 Å². The molecule has 2 amide bonds. The molecule has 1 aliphatic heterocycles. The van der Waals surface area contributed by atoms with Crippen LogP contribution in [-0.4, -0.2) is 41.7 Å². The van der Waals surface area contributed by atoms with Crippen LogP contribution in [0.1, 0.15) is 75.1 Å². The number of urea groups is 1. The molecule has 9 heteroatoms. The summed E-state index contributed by atoms with van der Waals surface area (Å²) in [5, 5.41) is 4.12. The van der Waals surface area contributed by atoms with Crippen LogP contribution in [0.4, 0.5) is 10.5 Å². The first-order valence-electron chi connectivity index (χ1n) is 12.5. The van der Waals surface area contributed by atoms with Gasteiger partial charge in [0.2, 0.25) is 0 Å². The van der Waals surface area contributed by atoms with Crippen LogP contribution in [0.2, 0.25) is 0 Å². The third-order valence-corrected chi connectivity index (χ3v) is 8.54. The maximum absolute atomic E-state index is 14.0. The Bertz CT molecular complexity index is 1370. The molecule has 1 atom stereocenters. The Hall–Kier alpha value is -3.59. The summed E-state index contributed by atoms with van der Waals surface area (Å²) in [6.45, 7) is 4.67. The van der Waals surface area contributed by atoms with Crippen LogP contribution in [0.5, 0.6) is 0 Å². The summed E-state index contributed by atoms with van der Waals surface area (Å²) in [5.41, 5.74) is 4.22. The lowest BCUT2D eigenvalue weighted by molar-refractivity contribution is 0.0587. The van der Waals surface area contributed by atoms with E-state index in [9.17, 15) is 14.4 Å². The van der Waals surface area contributed by atoms with Crippen LogP contribution >= 0.6 is 11.3 Å². The fraction of sp³-hybridized carbons (Fsp3) is 0.393. The van der Waals surface area contributed by atoms with E-state index in [1.165, 1.54) is 59.8 Å². The average molecular weight is 522 g/mol. The molecule has 0 unspecified atom stereocenters. The second-order valence-corrected chi connectivity index (χ2v) is 10.9. The second-order valence-electron chi connectivity index (χ2n) is 9.79. The minimum Gasteiger partial charge on any atom is -0.465 e. The highest BCUT2D eigenvalue weighted by Gasteiger charge is 2.37. The zero-order chi connectivity index (χ0) is 26.3. The molecular weight excluding hydrogens is 490 g/mol. The van der Waals surface area contributed by atoms with E-state index in [1.54, 1.807) is 0 Å². The number of nitrogens with one attached hydrogen (secondary N) is 1. The number of amides is 2. The van der Waals surface area contributed by atoms with E-state index in [-0.39, 0.29) is 34.8 Å². The molecule has 1 N–H and O–H groups in total. The highest BCUT2D eigenvalue weighted by molar-refractivity contribution is 7.15. The van der Waals surface area contributed by atoms with Gasteiger partial charge in [0.25, 0.3) is 0 Å². The van der Waals surface area contributed by atoms with E-state index in [0.29, 0.717) is 6.54 Å². The SMILES string of the molecule is COC(=O)c1ccc(C(=O)OC)c(NC(=O)N2Cc3c(sc4c3CCCC4)-n3cccc3[C@@H]2C(C)C)c1. The van der Waals surface area contributed by atoms with Gasteiger partial charge in [0.1, 0.15) is 5.00 Å². The van der Waals surface area contributed by atoms with Crippen molar-refractivity contribution in [2.24, 2.45) is 5.92 Å². The molecule has 5 rings (SSSR count). The number of nitrogens with zero attached hydrogens (tertiary/aromatic N) is 2. The fourth-order valence-electron chi connectivity index (χ4n) is 5.49. The number of aromatic nitrogens is 1. The largest absolute Gasteiger partial charge is 0.465 e. The number of carbonyl (C=O) groups is 3. The summed E-state index contributed by atoms with van der Waals surface area (Å²) in [6, 6.07) is 7.97. The van der Waals surface area contributed by atoms with Crippen molar-refractivity contribution in [3.05, 3.63) is 69.4 Å². The standard InChI is InChI=1S/C28H31N3O5S/c1-16(2)24-22-9-7-13-30(22)25-20(18-8-5-6-10-23(18)37-25)15-31(24)28(34)29-21-14-17(26(32)35-3)11-12-19(21)27(33)36-4/h7,9,11-14,16,24H,5-6,8,10,15H2,1-4H3,(H,29,34)/t24-/m0/s1. The van der Waals surface area contributed by atoms with Gasteiger partial charge < -0.3 is 24.3 Å². The summed E-state index contributed by atoms with van der Waals surface area (Å²) in [6.07, 6.45) is 6.52. The van der Waals surface area contributed by atoms with Crippen LogP contribution in [-0.2, 0) is 28.9 Å². The van der Waals surface area contributed by atoms with Gasteiger partial charge in [-0.05, 0) is 67.5 Å². The first-order valence-corrected chi connectivity index (χ1v) is 13.3. The summed E-state index contributed by atoms with van der Waals surface area (Å²) >= 11 is 1.84. The number of carbonyl (C=O) groups excluding carboxylic acids is 3. The maximum atomic E-state index is 14.0. The normalized spacial score (nSPS) is 16.4. The molecule has 194 valence electrons. The lowest BCUT2D eigenvalue weighted by Crippen LogP contribution is -2.40. The van der Waals surface area contributed by atoms with Crippen molar-refractivity contribution in [1.82, 2.24) is 9.47 Å². The van der Waals surface area contributed by atoms with Crippen molar-refractivity contribution in [2.45, 2.75) is 52.1 Å². The zero-order valence-corrected chi connectivity index (χ0v) is 22.3. The van der Waals surface area contributed by atoms with Crippen molar-refractivity contribution in [3.8, 4) is 5.00 Å². The minimum atomic E-state index is -0.606. The summed E-state index contributed by atoms with van der Waals surface area (Å²) in [5.74, 6) is -1.04. The molecule has 1 aromatic carbocycles. The number of ether oxygens (including phenoxy) is 2. The Balaban J connectivity index is 1.58. The molecule has 0 saturated carbocycles. The van der Waals surface area contributed by atoms with Crippen molar-refractivity contribution in [2.75, 3.05) is 19.5 Å². The third-order valence-electron chi connectivity index (χ3n) is 7.21. The molecule has 0 bridgehead atoms. The van der Waals surface area contributed by atoms with Crippen molar-refractivity contribution < 1.29 is 23.9 Å². The van der Waals surface area contributed by atoms with E-state index < -0.39 is 11.9 Å². The molecule has 1 aliphatic carbocycles. The highest BCUT2D eigenvalue weighted by Crippen LogP contribution is 2.44. The number of hydrogen-bond acceptors (Lipinski definition) is 6. The van der Waals surface area contributed by atoms with Gasteiger partial charge in [-0.3, -0.25) is 0 Å². The smallest absolute Gasteiger partial charge is 0.339 e. The monoisotopic (exact) mass is 521 g/mol. The van der Waals surface area contributed by atoms with E-state index in [2.05, 4.69) is 36.0 Å². The summed E-state index contributed by atoms with van der Waals surface area (Å²) in [4.78, 5) is 42.0. The van der Waals surface area contributed by atoms with Crippen molar-refractivity contribution in [3.63, 3.8) is 0 Å². The number of anilines is 1. The van der Waals surface area contributed by atoms with Crippen LogP contribution in [0.3, 0.4) is 0 Å². The van der Waals surface area contributed by atoms with Gasteiger partial charge in [-0.25, -0.2) is 14.4 Å². The molecule has 2 aliphatic rings. The van der Waals surface area contributed by atoms with Gasteiger partial charge >= 0.3 is 18.0 Å². The van der Waals surface area contributed by atoms with E-state index >= 15 is 0 Å². The third kappa shape index (κ3) is 4.41. The first kappa shape index (κ1) is 25.1. The topological polar surface area (TPSA) is 89.9 Å². The number of aryl methyl sites for hydroxylation is 1. The van der Waals surface area contributed by atoms with Gasteiger partial charge in [-0.2, -0.15) is 0 Å². The Morgan fingerprint density at radius 1 is 1.03 bits per heavy atom. The predicted molar refractivity (Wildman–Crippen MR) is 142 cm³/mol. The van der Waals surface area contributed by atoms with E-state index in [0.717, 1.165) is 25.0 Å². The van der Waals surface area contributed by atoms with E-state index in [1.807, 2.05) is 22.3 Å². The Morgan fingerprint density at radius 2 is 1.78 bits per heavy atom.